The van der Waals surface area contributed by atoms with Crippen LogP contribution in [0.3, 0.4) is 0 Å². The molecule has 1 unspecified atom stereocenters. The third-order valence-electron chi connectivity index (χ3n) is 3.16. The maximum atomic E-state index is 12.0. The van der Waals surface area contributed by atoms with Gasteiger partial charge in [-0.15, -0.1) is 0 Å². The summed E-state index contributed by atoms with van der Waals surface area (Å²) in [5.74, 6) is -2.24. The number of benzene rings is 1. The van der Waals surface area contributed by atoms with Gasteiger partial charge in [0.1, 0.15) is 5.52 Å². The molecule has 0 spiro atoms. The molecule has 0 bridgehead atoms. The Morgan fingerprint density at radius 3 is 2.70 bits per heavy atom. The Bertz CT molecular complexity index is 719. The Hall–Kier alpha value is -2.34. The van der Waals surface area contributed by atoms with Crippen LogP contribution in [-0.2, 0) is 19.2 Å². The highest BCUT2D eigenvalue weighted by atomic mass is 35.5. The van der Waals surface area contributed by atoms with E-state index >= 15 is 0 Å². The van der Waals surface area contributed by atoms with Crippen LogP contribution in [0.2, 0.25) is 5.02 Å². The SMILES string of the molecule is CCOC(=O)C(CC)C(=O)OOc1ccc(Cl)c2cccnc12. The van der Waals surface area contributed by atoms with Gasteiger partial charge in [-0.05, 0) is 37.6 Å². The topological polar surface area (TPSA) is 74.7 Å². The van der Waals surface area contributed by atoms with Gasteiger partial charge in [0.15, 0.2) is 5.92 Å². The molecule has 0 aliphatic heterocycles. The molecule has 1 aromatic heterocycles. The lowest BCUT2D eigenvalue weighted by Gasteiger charge is -2.12. The van der Waals surface area contributed by atoms with Gasteiger partial charge >= 0.3 is 11.9 Å². The molecular formula is C16H16ClNO5. The number of halogens is 1. The van der Waals surface area contributed by atoms with E-state index in [1.54, 1.807) is 38.2 Å². The van der Waals surface area contributed by atoms with Crippen LogP contribution >= 0.6 is 11.6 Å². The molecule has 23 heavy (non-hydrogen) atoms. The van der Waals surface area contributed by atoms with Crippen molar-refractivity contribution in [1.29, 1.82) is 0 Å². The summed E-state index contributed by atoms with van der Waals surface area (Å²) in [5.41, 5.74) is 0.456. The van der Waals surface area contributed by atoms with E-state index in [2.05, 4.69) is 4.98 Å². The summed E-state index contributed by atoms with van der Waals surface area (Å²) >= 11 is 6.08. The normalized spacial score (nSPS) is 11.8. The molecule has 7 heteroatoms. The minimum atomic E-state index is -1.03. The van der Waals surface area contributed by atoms with Gasteiger partial charge in [0.25, 0.3) is 0 Å². The quantitative estimate of drug-likeness (QED) is 0.348. The van der Waals surface area contributed by atoms with E-state index in [0.29, 0.717) is 15.9 Å². The summed E-state index contributed by atoms with van der Waals surface area (Å²) in [5, 5.41) is 1.17. The van der Waals surface area contributed by atoms with Gasteiger partial charge in [-0.3, -0.25) is 14.7 Å². The van der Waals surface area contributed by atoms with Crippen LogP contribution in [0.4, 0.5) is 0 Å². The number of carbonyl (C=O) groups excluding carboxylic acids is 2. The predicted octanol–water partition coefficient (Wildman–Crippen LogP) is 3.31. The first-order valence-corrected chi connectivity index (χ1v) is 7.54. The van der Waals surface area contributed by atoms with E-state index in [1.165, 1.54) is 6.07 Å². The number of hydrogen-bond acceptors (Lipinski definition) is 6. The Morgan fingerprint density at radius 1 is 1.22 bits per heavy atom. The second kappa shape index (κ2) is 7.78. The highest BCUT2D eigenvalue weighted by Gasteiger charge is 2.29. The van der Waals surface area contributed by atoms with Gasteiger partial charge in [0.2, 0.25) is 5.75 Å². The molecule has 122 valence electrons. The first-order chi connectivity index (χ1) is 11.1. The lowest BCUT2D eigenvalue weighted by molar-refractivity contribution is -0.219. The Morgan fingerprint density at radius 2 is 2.00 bits per heavy atom. The van der Waals surface area contributed by atoms with Gasteiger partial charge in [0.05, 0.1) is 11.6 Å². The first-order valence-electron chi connectivity index (χ1n) is 7.16. The second-order valence-corrected chi connectivity index (χ2v) is 5.05. The molecule has 2 aromatic rings. The van der Waals surface area contributed by atoms with Crippen LogP contribution in [0.25, 0.3) is 10.9 Å². The monoisotopic (exact) mass is 337 g/mol. The van der Waals surface area contributed by atoms with Crippen molar-refractivity contribution in [2.45, 2.75) is 20.3 Å². The number of fused-ring (bicyclic) bond motifs is 1. The molecule has 1 atom stereocenters. The van der Waals surface area contributed by atoms with E-state index in [4.69, 9.17) is 26.1 Å². The van der Waals surface area contributed by atoms with Crippen LogP contribution in [0, 0.1) is 5.92 Å². The molecule has 1 heterocycles. The maximum Gasteiger partial charge on any atom is 0.369 e. The van der Waals surface area contributed by atoms with Crippen LogP contribution in [0.5, 0.6) is 5.75 Å². The number of hydrogen-bond donors (Lipinski definition) is 0. The summed E-state index contributed by atoms with van der Waals surface area (Å²) < 4.78 is 4.83. The number of esters is 1. The van der Waals surface area contributed by atoms with Crippen molar-refractivity contribution in [3.8, 4) is 5.75 Å². The van der Waals surface area contributed by atoms with Crippen molar-refractivity contribution in [3.05, 3.63) is 35.5 Å². The highest BCUT2D eigenvalue weighted by molar-refractivity contribution is 6.35. The summed E-state index contributed by atoms with van der Waals surface area (Å²) in [4.78, 5) is 37.6. The zero-order valence-corrected chi connectivity index (χ0v) is 13.5. The zero-order chi connectivity index (χ0) is 16.8. The molecule has 0 N–H and O–H groups in total. The van der Waals surface area contributed by atoms with E-state index in [-0.39, 0.29) is 18.8 Å². The molecule has 6 nitrogen and oxygen atoms in total. The van der Waals surface area contributed by atoms with Gasteiger partial charge in [-0.2, -0.15) is 0 Å². The molecule has 0 saturated heterocycles. The Balaban J connectivity index is 2.13. The predicted molar refractivity (Wildman–Crippen MR) is 83.9 cm³/mol. The van der Waals surface area contributed by atoms with Crippen molar-refractivity contribution in [1.82, 2.24) is 4.98 Å². The maximum absolute atomic E-state index is 12.0. The van der Waals surface area contributed by atoms with Crippen LogP contribution < -0.4 is 4.89 Å². The van der Waals surface area contributed by atoms with E-state index < -0.39 is 17.9 Å². The molecule has 0 aliphatic carbocycles. The summed E-state index contributed by atoms with van der Waals surface area (Å²) in [6.45, 7) is 3.54. The smallest absolute Gasteiger partial charge is 0.369 e. The fourth-order valence-electron chi connectivity index (χ4n) is 2.00. The van der Waals surface area contributed by atoms with E-state index in [9.17, 15) is 9.59 Å². The van der Waals surface area contributed by atoms with Crippen LogP contribution in [-0.4, -0.2) is 23.5 Å². The number of ether oxygens (including phenoxy) is 1. The van der Waals surface area contributed by atoms with Crippen molar-refractivity contribution in [3.63, 3.8) is 0 Å². The average Bonchev–Trinajstić information content (AvgIpc) is 2.55. The molecule has 0 saturated carbocycles. The van der Waals surface area contributed by atoms with Gasteiger partial charge in [-0.1, -0.05) is 18.5 Å². The zero-order valence-electron chi connectivity index (χ0n) is 12.7. The van der Waals surface area contributed by atoms with Crippen molar-refractivity contribution in [2.75, 3.05) is 6.61 Å². The number of nitrogens with zero attached hydrogens (tertiary/aromatic N) is 1. The first kappa shape index (κ1) is 17.0. The molecular weight excluding hydrogens is 322 g/mol. The van der Waals surface area contributed by atoms with Crippen LogP contribution in [0.15, 0.2) is 30.5 Å². The molecule has 0 fully saturated rings. The number of pyridine rings is 1. The van der Waals surface area contributed by atoms with Crippen molar-refractivity contribution >= 4 is 34.4 Å². The molecule has 0 radical (unpaired) electrons. The van der Waals surface area contributed by atoms with Gasteiger partial charge in [-0.25, -0.2) is 9.68 Å². The third kappa shape index (κ3) is 3.90. The average molecular weight is 338 g/mol. The highest BCUT2D eigenvalue weighted by Crippen LogP contribution is 2.29. The number of carbonyl (C=O) groups is 2. The van der Waals surface area contributed by atoms with Crippen LogP contribution in [0.1, 0.15) is 20.3 Å². The standard InChI is InChI=1S/C16H16ClNO5/c1-3-10(15(19)21-4-2)16(20)23-22-13-8-7-12(17)11-6-5-9-18-14(11)13/h5-10H,3-4H2,1-2H3. The summed E-state index contributed by atoms with van der Waals surface area (Å²) in [6.07, 6.45) is 1.82. The largest absolute Gasteiger partial charge is 0.465 e. The number of rotatable bonds is 6. The summed E-state index contributed by atoms with van der Waals surface area (Å²) in [6, 6.07) is 6.65. The molecule has 0 aliphatic rings. The summed E-state index contributed by atoms with van der Waals surface area (Å²) in [7, 11) is 0. The van der Waals surface area contributed by atoms with Crippen molar-refractivity contribution in [2.24, 2.45) is 5.92 Å². The minimum absolute atomic E-state index is 0.190. The lowest BCUT2D eigenvalue weighted by atomic mass is 10.1. The fraction of sp³-hybridized carbons (Fsp3) is 0.312. The Kier molecular flexibility index (Phi) is 5.76. The van der Waals surface area contributed by atoms with E-state index in [0.717, 1.165) is 0 Å². The van der Waals surface area contributed by atoms with Gasteiger partial charge in [0, 0.05) is 11.6 Å². The van der Waals surface area contributed by atoms with Gasteiger partial charge < -0.3 is 4.74 Å². The second-order valence-electron chi connectivity index (χ2n) is 4.64. The molecule has 2 rings (SSSR count). The fourth-order valence-corrected chi connectivity index (χ4v) is 2.21. The molecule has 1 aromatic carbocycles. The third-order valence-corrected chi connectivity index (χ3v) is 3.49. The minimum Gasteiger partial charge on any atom is -0.465 e. The lowest BCUT2D eigenvalue weighted by Crippen LogP contribution is -2.28. The Labute approximate surface area is 138 Å². The van der Waals surface area contributed by atoms with E-state index in [1.807, 2.05) is 0 Å². The molecule has 0 amide bonds. The number of aromatic nitrogens is 1. The van der Waals surface area contributed by atoms with Crippen molar-refractivity contribution < 1.29 is 24.1 Å².